The Hall–Kier alpha value is -0.700. The van der Waals surface area contributed by atoms with Gasteiger partial charge in [0, 0.05) is 6.20 Å². The lowest BCUT2D eigenvalue weighted by molar-refractivity contribution is 0.244. The minimum Gasteiger partial charge on any atom is -0.389 e. The Labute approximate surface area is 42.2 Å². The Kier molecular flexibility index (Phi) is 3.14. The van der Waals surface area contributed by atoms with Crippen LogP contribution < -0.4 is 0 Å². The molecule has 2 N–H and O–H groups in total. The summed E-state index contributed by atoms with van der Waals surface area (Å²) in [7, 11) is 0. The Morgan fingerprint density at radius 1 is 1.86 bits per heavy atom. The number of aliphatic hydroxyl groups is 1. The van der Waals surface area contributed by atoms with Crippen molar-refractivity contribution >= 4 is 0 Å². The summed E-state index contributed by atoms with van der Waals surface area (Å²) in [5.74, 6) is 0. The van der Waals surface area contributed by atoms with Crippen LogP contribution in [0.25, 0.3) is 0 Å². The fraction of sp³-hybridized carbons (Fsp3) is 0.500. The number of hydrogen-bond acceptors (Lipinski definition) is 3. The van der Waals surface area contributed by atoms with Crippen LogP contribution in [0.1, 0.15) is 6.92 Å². The zero-order chi connectivity index (χ0) is 5.70. The molecule has 0 aliphatic rings. The third-order valence-corrected chi connectivity index (χ3v) is 0.439. The van der Waals surface area contributed by atoms with Crippen molar-refractivity contribution < 1.29 is 5.11 Å². The third-order valence-electron chi connectivity index (χ3n) is 0.439. The number of rotatable bonds is 2. The highest BCUT2D eigenvalue weighted by Gasteiger charge is 1.79. The first-order valence-corrected chi connectivity index (χ1v) is 1.98. The van der Waals surface area contributed by atoms with E-state index in [0.29, 0.717) is 0 Å². The average molecular weight is 100 g/mol. The van der Waals surface area contributed by atoms with Gasteiger partial charge in [-0.25, -0.2) is 5.53 Å². The van der Waals surface area contributed by atoms with Gasteiger partial charge in [-0.1, -0.05) is 0 Å². The van der Waals surface area contributed by atoms with E-state index in [9.17, 15) is 0 Å². The molecule has 40 valence electrons. The predicted molar refractivity (Wildman–Crippen MR) is 26.0 cm³/mol. The molecule has 0 rings (SSSR count). The van der Waals surface area contributed by atoms with E-state index in [1.54, 1.807) is 6.92 Å². The van der Waals surface area contributed by atoms with Gasteiger partial charge in [0.2, 0.25) is 0 Å². The van der Waals surface area contributed by atoms with Crippen molar-refractivity contribution in [3.8, 4) is 0 Å². The standard InChI is InChI=1S/C4H8N2O/c1-4(7)2-3-6-5/h2-5,7H,1H3/b3-2-,6-5?. The van der Waals surface area contributed by atoms with Crippen molar-refractivity contribution in [3.63, 3.8) is 0 Å². The van der Waals surface area contributed by atoms with Crippen molar-refractivity contribution in [2.24, 2.45) is 5.11 Å². The van der Waals surface area contributed by atoms with E-state index >= 15 is 0 Å². The fourth-order valence-corrected chi connectivity index (χ4v) is 0.168. The van der Waals surface area contributed by atoms with Crippen molar-refractivity contribution in [2.75, 3.05) is 0 Å². The summed E-state index contributed by atoms with van der Waals surface area (Å²) in [6.45, 7) is 1.60. The quantitative estimate of drug-likeness (QED) is 0.498. The topological polar surface area (TPSA) is 56.4 Å². The molecule has 1 unspecified atom stereocenters. The van der Waals surface area contributed by atoms with Crippen LogP contribution in [0.2, 0.25) is 0 Å². The number of nitrogens with zero attached hydrogens (tertiary/aromatic N) is 1. The maximum atomic E-state index is 8.45. The summed E-state index contributed by atoms with van der Waals surface area (Å²) in [6, 6.07) is 0. The molecule has 0 spiro atoms. The van der Waals surface area contributed by atoms with E-state index in [0.717, 1.165) is 0 Å². The molecular weight excluding hydrogens is 92.1 g/mol. The average Bonchev–Trinajstić information content (AvgIpc) is 1.61. The highest BCUT2D eigenvalue weighted by molar-refractivity contribution is 4.82. The smallest absolute Gasteiger partial charge is 0.0711 e. The lowest BCUT2D eigenvalue weighted by atomic mass is 10.4. The van der Waals surface area contributed by atoms with Crippen LogP contribution in [0.5, 0.6) is 0 Å². The van der Waals surface area contributed by atoms with Crippen molar-refractivity contribution in [3.05, 3.63) is 12.3 Å². The van der Waals surface area contributed by atoms with Gasteiger partial charge in [-0.3, -0.25) is 0 Å². The predicted octanol–water partition coefficient (Wildman–Crippen LogP) is 0.912. The van der Waals surface area contributed by atoms with E-state index in [4.69, 9.17) is 10.6 Å². The lowest BCUT2D eigenvalue weighted by Gasteiger charge is -1.86. The van der Waals surface area contributed by atoms with E-state index in [1.165, 1.54) is 12.3 Å². The molecule has 0 saturated carbocycles. The van der Waals surface area contributed by atoms with Crippen LogP contribution >= 0.6 is 0 Å². The van der Waals surface area contributed by atoms with Crippen LogP contribution in [0, 0.1) is 5.53 Å². The number of aliphatic hydroxyl groups excluding tert-OH is 1. The highest BCUT2D eigenvalue weighted by Crippen LogP contribution is 1.80. The lowest BCUT2D eigenvalue weighted by Crippen LogP contribution is -1.90. The first kappa shape index (κ1) is 6.30. The molecule has 7 heavy (non-hydrogen) atoms. The normalized spacial score (nSPS) is 14.6. The van der Waals surface area contributed by atoms with Gasteiger partial charge in [-0.2, -0.15) is 5.11 Å². The molecular formula is C4H8N2O. The molecule has 0 fully saturated rings. The van der Waals surface area contributed by atoms with E-state index in [-0.39, 0.29) is 0 Å². The second-order valence-corrected chi connectivity index (χ2v) is 1.21. The Morgan fingerprint density at radius 2 is 2.43 bits per heavy atom. The zero-order valence-corrected chi connectivity index (χ0v) is 4.13. The molecule has 1 atom stereocenters. The maximum absolute atomic E-state index is 8.45. The molecule has 0 aliphatic heterocycles. The fourth-order valence-electron chi connectivity index (χ4n) is 0.168. The van der Waals surface area contributed by atoms with Gasteiger partial charge in [0.15, 0.2) is 0 Å². The van der Waals surface area contributed by atoms with Gasteiger partial charge in [-0.05, 0) is 13.0 Å². The third kappa shape index (κ3) is 5.30. The summed E-state index contributed by atoms with van der Waals surface area (Å²) >= 11 is 0. The largest absolute Gasteiger partial charge is 0.389 e. The molecule has 3 nitrogen and oxygen atoms in total. The first-order chi connectivity index (χ1) is 3.27. The van der Waals surface area contributed by atoms with Gasteiger partial charge in [0.1, 0.15) is 0 Å². The SMILES string of the molecule is CC(O)/C=C\N=N. The highest BCUT2D eigenvalue weighted by atomic mass is 16.3. The van der Waals surface area contributed by atoms with Crippen molar-refractivity contribution in [1.29, 1.82) is 5.53 Å². The molecule has 0 saturated heterocycles. The van der Waals surface area contributed by atoms with Crippen LogP contribution in [0.3, 0.4) is 0 Å². The van der Waals surface area contributed by atoms with Gasteiger partial charge >= 0.3 is 0 Å². The Bertz CT molecular complexity index is 77.8. The summed E-state index contributed by atoms with van der Waals surface area (Å²) in [5, 5.41) is 11.3. The summed E-state index contributed by atoms with van der Waals surface area (Å²) in [4.78, 5) is 0. The summed E-state index contributed by atoms with van der Waals surface area (Å²) in [6.07, 6.45) is 2.17. The van der Waals surface area contributed by atoms with Crippen LogP contribution in [0.4, 0.5) is 0 Å². The number of nitrogens with one attached hydrogen (secondary N) is 1. The molecule has 0 heterocycles. The molecule has 0 amide bonds. The molecule has 0 aromatic carbocycles. The van der Waals surface area contributed by atoms with Crippen LogP contribution in [-0.4, -0.2) is 11.2 Å². The summed E-state index contributed by atoms with van der Waals surface area (Å²) in [5.41, 5.74) is 6.22. The number of hydrogen-bond donors (Lipinski definition) is 2. The molecule has 0 aromatic heterocycles. The molecule has 0 radical (unpaired) electrons. The van der Waals surface area contributed by atoms with Gasteiger partial charge in [0.25, 0.3) is 0 Å². The Balaban J connectivity index is 3.25. The Morgan fingerprint density at radius 3 is 2.57 bits per heavy atom. The van der Waals surface area contributed by atoms with Crippen molar-refractivity contribution in [2.45, 2.75) is 13.0 Å². The second-order valence-electron chi connectivity index (χ2n) is 1.21. The van der Waals surface area contributed by atoms with Crippen LogP contribution in [-0.2, 0) is 0 Å². The monoisotopic (exact) mass is 100 g/mol. The molecule has 3 heteroatoms. The van der Waals surface area contributed by atoms with Gasteiger partial charge in [-0.15, -0.1) is 0 Å². The minimum atomic E-state index is -0.492. The first-order valence-electron chi connectivity index (χ1n) is 1.98. The van der Waals surface area contributed by atoms with Crippen molar-refractivity contribution in [1.82, 2.24) is 0 Å². The zero-order valence-electron chi connectivity index (χ0n) is 4.13. The molecule has 0 aromatic rings. The van der Waals surface area contributed by atoms with Crippen LogP contribution in [0.15, 0.2) is 17.4 Å². The van der Waals surface area contributed by atoms with E-state index in [2.05, 4.69) is 5.11 Å². The van der Waals surface area contributed by atoms with Gasteiger partial charge < -0.3 is 5.11 Å². The minimum absolute atomic E-state index is 0.492. The van der Waals surface area contributed by atoms with Gasteiger partial charge in [0.05, 0.1) is 6.10 Å². The van der Waals surface area contributed by atoms with E-state index < -0.39 is 6.10 Å². The maximum Gasteiger partial charge on any atom is 0.0711 e. The second kappa shape index (κ2) is 3.49. The van der Waals surface area contributed by atoms with E-state index in [1.807, 2.05) is 0 Å². The summed E-state index contributed by atoms with van der Waals surface area (Å²) < 4.78 is 0. The molecule has 0 aliphatic carbocycles. The molecule has 0 bridgehead atoms.